The number of carbonyl (C=O) groups is 1. The van der Waals surface area contributed by atoms with Crippen LogP contribution in [0.5, 0.6) is 5.75 Å². The third-order valence-electron chi connectivity index (χ3n) is 7.57. The molecule has 14 heteroatoms. The summed E-state index contributed by atoms with van der Waals surface area (Å²) in [6.07, 6.45) is 6.90. The van der Waals surface area contributed by atoms with Gasteiger partial charge in [-0.1, -0.05) is 24.4 Å². The number of hydrogen-bond donors (Lipinski definition) is 3. The van der Waals surface area contributed by atoms with Crippen LogP contribution in [0.3, 0.4) is 0 Å². The monoisotopic (exact) mass is 603 g/mol. The number of aromatic nitrogens is 3. The highest BCUT2D eigenvalue weighted by atomic mass is 35.5. The Labute approximate surface area is 237 Å². The molecule has 10 nitrogen and oxygen atoms in total. The SMILES string of the molecule is CCn1nc(C(=O)NC[C@]2(O)CC[C@@H](S(C)(=O)=O)CC2)c(Cl)c1-c1cnc(NC(C)CC2CC2)cc1OC(F)F. The van der Waals surface area contributed by atoms with Gasteiger partial charge in [0, 0.05) is 37.7 Å². The average Bonchev–Trinajstić information content (AvgIpc) is 3.62. The third kappa shape index (κ3) is 7.41. The number of alkyl halides is 2. The van der Waals surface area contributed by atoms with Gasteiger partial charge in [0.1, 0.15) is 21.4 Å². The number of amides is 1. The highest BCUT2D eigenvalue weighted by Crippen LogP contribution is 2.39. The molecule has 222 valence electrons. The fourth-order valence-corrected chi connectivity index (χ4v) is 6.60. The van der Waals surface area contributed by atoms with Gasteiger partial charge in [0.05, 0.1) is 27.1 Å². The predicted molar refractivity (Wildman–Crippen MR) is 148 cm³/mol. The minimum atomic E-state index is -3.20. The van der Waals surface area contributed by atoms with Crippen LogP contribution in [-0.2, 0) is 16.4 Å². The molecule has 2 aliphatic rings. The summed E-state index contributed by atoms with van der Waals surface area (Å²) in [5.74, 6) is 0.229. The molecule has 0 aliphatic heterocycles. The molecule has 0 aromatic carbocycles. The molecule has 1 atom stereocenters. The highest BCUT2D eigenvalue weighted by molar-refractivity contribution is 7.91. The topological polar surface area (TPSA) is 135 Å². The van der Waals surface area contributed by atoms with Gasteiger partial charge in [-0.05, 0) is 51.9 Å². The number of aliphatic hydroxyl groups is 1. The van der Waals surface area contributed by atoms with Crippen LogP contribution in [0.2, 0.25) is 5.02 Å². The van der Waals surface area contributed by atoms with Gasteiger partial charge in [-0.3, -0.25) is 9.48 Å². The highest BCUT2D eigenvalue weighted by Gasteiger charge is 2.37. The number of halogens is 3. The molecule has 2 heterocycles. The van der Waals surface area contributed by atoms with Crippen molar-refractivity contribution in [2.45, 2.75) is 88.8 Å². The Kier molecular flexibility index (Phi) is 9.25. The first-order valence-electron chi connectivity index (χ1n) is 13.5. The molecule has 0 spiro atoms. The lowest BCUT2D eigenvalue weighted by molar-refractivity contribution is -0.0494. The quantitative estimate of drug-likeness (QED) is 0.327. The van der Waals surface area contributed by atoms with Crippen LogP contribution < -0.4 is 15.4 Å². The van der Waals surface area contributed by atoms with E-state index in [2.05, 4.69) is 20.7 Å². The molecule has 0 bridgehead atoms. The van der Waals surface area contributed by atoms with Crippen molar-refractivity contribution in [2.75, 3.05) is 18.1 Å². The summed E-state index contributed by atoms with van der Waals surface area (Å²) in [6.45, 7) is 0.812. The van der Waals surface area contributed by atoms with E-state index in [-0.39, 0.29) is 59.7 Å². The summed E-state index contributed by atoms with van der Waals surface area (Å²) in [5.41, 5.74) is -1.06. The van der Waals surface area contributed by atoms with Crippen LogP contribution in [0, 0.1) is 5.92 Å². The van der Waals surface area contributed by atoms with Crippen molar-refractivity contribution in [2.24, 2.45) is 5.92 Å². The second-order valence-electron chi connectivity index (χ2n) is 10.9. The van der Waals surface area contributed by atoms with E-state index in [0.29, 0.717) is 24.6 Å². The number of rotatable bonds is 12. The van der Waals surface area contributed by atoms with Gasteiger partial charge >= 0.3 is 6.61 Å². The predicted octanol–water partition coefficient (Wildman–Crippen LogP) is 4.27. The van der Waals surface area contributed by atoms with Crippen molar-refractivity contribution < 1.29 is 31.8 Å². The van der Waals surface area contributed by atoms with Crippen LogP contribution in [0.15, 0.2) is 12.3 Å². The normalized spacial score (nSPS) is 22.2. The second-order valence-corrected chi connectivity index (χ2v) is 13.6. The average molecular weight is 604 g/mol. The van der Waals surface area contributed by atoms with E-state index in [1.165, 1.54) is 36.0 Å². The third-order valence-corrected chi connectivity index (χ3v) is 9.61. The fraction of sp³-hybridized carbons (Fsp3) is 0.654. The summed E-state index contributed by atoms with van der Waals surface area (Å²) >= 11 is 6.60. The van der Waals surface area contributed by atoms with E-state index in [9.17, 15) is 27.1 Å². The van der Waals surface area contributed by atoms with Gasteiger partial charge in [0.15, 0.2) is 5.69 Å². The minimum absolute atomic E-state index is 0.0733. The van der Waals surface area contributed by atoms with Gasteiger partial charge in [-0.15, -0.1) is 0 Å². The molecule has 4 rings (SSSR count). The minimum Gasteiger partial charge on any atom is -0.434 e. The number of hydrogen-bond acceptors (Lipinski definition) is 8. The number of carbonyl (C=O) groups excluding carboxylic acids is 1. The summed E-state index contributed by atoms with van der Waals surface area (Å²) in [4.78, 5) is 17.4. The molecule has 0 saturated heterocycles. The summed E-state index contributed by atoms with van der Waals surface area (Å²) < 4.78 is 56.6. The number of pyridine rings is 1. The zero-order valence-corrected chi connectivity index (χ0v) is 24.4. The Balaban J connectivity index is 1.53. The van der Waals surface area contributed by atoms with Gasteiger partial charge in [-0.25, -0.2) is 13.4 Å². The molecular formula is C26H36ClF2N5O5S. The number of aryl methyl sites for hydroxylation is 1. The zero-order chi connectivity index (χ0) is 29.2. The van der Waals surface area contributed by atoms with Gasteiger partial charge in [0.25, 0.3) is 5.91 Å². The molecule has 2 aliphatic carbocycles. The smallest absolute Gasteiger partial charge is 0.387 e. The maximum atomic E-state index is 13.4. The van der Waals surface area contributed by atoms with Crippen LogP contribution in [0.25, 0.3) is 11.3 Å². The van der Waals surface area contributed by atoms with Crippen LogP contribution >= 0.6 is 11.6 Å². The van der Waals surface area contributed by atoms with E-state index in [0.717, 1.165) is 6.42 Å². The van der Waals surface area contributed by atoms with Crippen LogP contribution in [-0.4, -0.2) is 70.5 Å². The van der Waals surface area contributed by atoms with E-state index in [1.807, 2.05) is 6.92 Å². The summed E-state index contributed by atoms with van der Waals surface area (Å²) in [6, 6.07) is 1.48. The number of anilines is 1. The first-order valence-corrected chi connectivity index (χ1v) is 15.8. The zero-order valence-electron chi connectivity index (χ0n) is 22.8. The second kappa shape index (κ2) is 12.2. The molecule has 1 amide bonds. The largest absolute Gasteiger partial charge is 0.434 e. The first-order chi connectivity index (χ1) is 18.8. The standard InChI is InChI=1S/C26H36ClF2N5O5S/c1-4-34-23(18-13-30-20(12-19(18)39-25(28)29)32-15(2)11-16-5-6-16)21(27)22(33-34)24(35)31-14-26(36)9-7-17(8-10-26)40(3,37)38/h12-13,15-17,25,36H,4-11,14H2,1-3H3,(H,30,32)(H,31,35)/t15?,17-,26+. The molecule has 2 saturated carbocycles. The molecule has 40 heavy (non-hydrogen) atoms. The van der Waals surface area contributed by atoms with Crippen molar-refractivity contribution in [1.29, 1.82) is 0 Å². The lowest BCUT2D eigenvalue weighted by Crippen LogP contribution is -2.47. The molecule has 2 fully saturated rings. The Bertz CT molecular complexity index is 1330. The van der Waals surface area contributed by atoms with E-state index in [4.69, 9.17) is 16.3 Å². The Hall–Kier alpha value is -2.51. The van der Waals surface area contributed by atoms with E-state index < -0.39 is 33.2 Å². The fourth-order valence-electron chi connectivity index (χ4n) is 5.19. The van der Waals surface area contributed by atoms with Crippen molar-refractivity contribution in [1.82, 2.24) is 20.1 Å². The first kappa shape index (κ1) is 30.4. The lowest BCUT2D eigenvalue weighted by Gasteiger charge is -2.35. The van der Waals surface area contributed by atoms with E-state index >= 15 is 0 Å². The lowest BCUT2D eigenvalue weighted by atomic mass is 9.84. The van der Waals surface area contributed by atoms with E-state index in [1.54, 1.807) is 6.92 Å². The molecule has 2 aromatic rings. The maximum absolute atomic E-state index is 13.4. The number of sulfone groups is 1. The van der Waals surface area contributed by atoms with Gasteiger partial charge < -0.3 is 20.5 Å². The van der Waals surface area contributed by atoms with Crippen molar-refractivity contribution >= 4 is 33.2 Å². The summed E-state index contributed by atoms with van der Waals surface area (Å²) in [7, 11) is -3.20. The number of ether oxygens (including phenoxy) is 1. The summed E-state index contributed by atoms with van der Waals surface area (Å²) in [5, 5.41) is 20.5. The number of nitrogens with zero attached hydrogens (tertiary/aromatic N) is 3. The van der Waals surface area contributed by atoms with Crippen molar-refractivity contribution in [3.63, 3.8) is 0 Å². The Morgan fingerprint density at radius 3 is 2.55 bits per heavy atom. The number of nitrogens with one attached hydrogen (secondary N) is 2. The Morgan fingerprint density at radius 1 is 1.30 bits per heavy atom. The molecule has 3 N–H and O–H groups in total. The van der Waals surface area contributed by atoms with Gasteiger partial charge in [0.2, 0.25) is 0 Å². The van der Waals surface area contributed by atoms with Crippen molar-refractivity contribution in [3.8, 4) is 17.0 Å². The van der Waals surface area contributed by atoms with Crippen LogP contribution in [0.4, 0.5) is 14.6 Å². The molecule has 1 unspecified atom stereocenters. The maximum Gasteiger partial charge on any atom is 0.387 e. The van der Waals surface area contributed by atoms with Crippen molar-refractivity contribution in [3.05, 3.63) is 23.0 Å². The molecule has 0 radical (unpaired) electrons. The van der Waals surface area contributed by atoms with Gasteiger partial charge in [-0.2, -0.15) is 13.9 Å². The Morgan fingerprint density at radius 2 is 1.98 bits per heavy atom. The molecule has 2 aromatic heterocycles. The van der Waals surface area contributed by atoms with Crippen LogP contribution in [0.1, 0.15) is 69.3 Å². The molecular weight excluding hydrogens is 568 g/mol.